The third kappa shape index (κ3) is 13.1. The monoisotopic (exact) mass is 1400 g/mol. The first-order chi connectivity index (χ1) is 54.3. The second-order valence-corrected chi connectivity index (χ2v) is 28.2. The molecule has 20 rings (SSSR count). The molecule has 0 N–H and O–H groups in total. The number of benzene rings is 16. The number of rotatable bonds is 12. The van der Waals surface area contributed by atoms with E-state index in [9.17, 15) is 0 Å². The lowest BCUT2D eigenvalue weighted by molar-refractivity contribution is 1.18. The zero-order valence-corrected chi connectivity index (χ0v) is 60.6. The van der Waals surface area contributed by atoms with Crippen LogP contribution in [0.15, 0.2) is 388 Å². The second-order valence-electron chi connectivity index (χ2n) is 28.2. The van der Waals surface area contributed by atoms with Gasteiger partial charge in [-0.05, 0) is 128 Å². The minimum absolute atomic E-state index is 0.702. The molecule has 0 aliphatic rings. The van der Waals surface area contributed by atoms with E-state index in [1.165, 1.54) is 60.3 Å². The van der Waals surface area contributed by atoms with Gasteiger partial charge in [-0.25, -0.2) is 29.9 Å². The summed E-state index contributed by atoms with van der Waals surface area (Å²) in [5.41, 5.74) is 27.6. The zero-order valence-electron chi connectivity index (χ0n) is 60.6. The Hall–Kier alpha value is -14.5. The topological polar surface area (TPSA) is 77.3 Å². The lowest BCUT2D eigenvalue weighted by atomic mass is 9.91. The number of aromatic nitrogens is 6. The van der Waals surface area contributed by atoms with E-state index in [-0.39, 0.29) is 0 Å². The fourth-order valence-electron chi connectivity index (χ4n) is 15.3. The van der Waals surface area contributed by atoms with Crippen LogP contribution in [-0.4, -0.2) is 29.9 Å². The molecule has 0 saturated carbocycles. The molecule has 516 valence electrons. The van der Waals surface area contributed by atoms with Crippen LogP contribution in [0.3, 0.4) is 0 Å². The number of fused-ring (bicyclic) bond motifs is 8. The van der Waals surface area contributed by atoms with Gasteiger partial charge in [0.1, 0.15) is 0 Å². The predicted molar refractivity (Wildman–Crippen MR) is 459 cm³/mol. The SMILES string of the molecule is Cc1ccc(-c2cc(-c3ccc(-c4ccc5nc(-c6ccccc6)c6cccc(-c7ccccc7)c6c5c4)cc3)nc(-c3ccc(C)cc3)n2)cc1.c1ccc(-c2nc3ccc(-c4ccc(-c5cc(-c6ccc7ccccc7c6)nc(-c6ccc7ccccc7c6)n5)cc4)cc3c3c(-c4ccccc4)cccc23)cc1. The van der Waals surface area contributed by atoms with E-state index >= 15 is 0 Å². The van der Waals surface area contributed by atoms with Gasteiger partial charge in [-0.3, -0.25) is 0 Å². The molecule has 0 aliphatic carbocycles. The van der Waals surface area contributed by atoms with E-state index < -0.39 is 0 Å². The summed E-state index contributed by atoms with van der Waals surface area (Å²) >= 11 is 0. The highest BCUT2D eigenvalue weighted by molar-refractivity contribution is 6.19. The fraction of sp³-hybridized carbons (Fsp3) is 0.0192. The average molecular weight is 1400 g/mol. The van der Waals surface area contributed by atoms with Crippen molar-refractivity contribution in [2.45, 2.75) is 13.8 Å². The molecule has 0 saturated heterocycles. The average Bonchev–Trinajstić information content (AvgIpc) is 0.745. The van der Waals surface area contributed by atoms with Crippen LogP contribution >= 0.6 is 0 Å². The Balaban J connectivity index is 0.000000150. The summed E-state index contributed by atoms with van der Waals surface area (Å²) in [4.78, 5) is 31.0. The van der Waals surface area contributed by atoms with E-state index in [4.69, 9.17) is 29.9 Å². The molecule has 4 heterocycles. The van der Waals surface area contributed by atoms with Crippen molar-refractivity contribution in [3.63, 3.8) is 0 Å². The van der Waals surface area contributed by atoms with Crippen LogP contribution in [0.2, 0.25) is 0 Å². The molecule has 0 bridgehead atoms. The van der Waals surface area contributed by atoms with Gasteiger partial charge in [-0.15, -0.1) is 0 Å². The third-order valence-electron chi connectivity index (χ3n) is 21.1. The van der Waals surface area contributed by atoms with Gasteiger partial charge in [0, 0.05) is 76.8 Å². The summed E-state index contributed by atoms with van der Waals surface area (Å²) in [6.07, 6.45) is 0. The molecule has 110 heavy (non-hydrogen) atoms. The van der Waals surface area contributed by atoms with Crippen LogP contribution in [0.4, 0.5) is 0 Å². The van der Waals surface area contributed by atoms with E-state index in [2.05, 4.69) is 402 Å². The van der Waals surface area contributed by atoms with Crippen LogP contribution in [0, 0.1) is 13.8 Å². The largest absolute Gasteiger partial charge is 0.247 e. The Morgan fingerprint density at radius 1 is 0.173 bits per heavy atom. The fourth-order valence-corrected chi connectivity index (χ4v) is 15.3. The standard InChI is InChI=1S/C55H35N3.C49H35N3/c1-3-14-39(15-4-1)47-20-11-21-48-53(47)49-34-44(30-31-50(49)56-54(48)41-16-5-2-6-17-41)38-22-26-40(27-23-38)51-35-52(45-28-24-36-12-7-9-18-42(36)32-45)58-55(57-51)46-29-25-37-13-8-10-19-43(37)33-46;1-32-16-20-36(21-17-32)45-31-46(52-49(51-45)39-22-18-33(2)19-23-39)37-26-24-34(25-27-37)40-28-29-44-43(30-40)47-41(35-10-5-3-6-11-35)14-9-15-42(47)48(50-44)38-12-7-4-8-13-38/h1-35H;3-31H,1-2H3. The molecule has 6 nitrogen and oxygen atoms in total. The number of aryl methyl sites for hydroxylation is 2. The molecule has 0 aliphatic heterocycles. The first kappa shape index (κ1) is 66.2. The normalized spacial score (nSPS) is 11.4. The Kier molecular flexibility index (Phi) is 17.3. The highest BCUT2D eigenvalue weighted by Gasteiger charge is 2.20. The highest BCUT2D eigenvalue weighted by Crippen LogP contribution is 2.44. The first-order valence-corrected chi connectivity index (χ1v) is 37.4. The van der Waals surface area contributed by atoms with Crippen LogP contribution < -0.4 is 0 Å². The van der Waals surface area contributed by atoms with E-state index in [1.807, 2.05) is 0 Å². The Morgan fingerprint density at radius 3 is 0.918 bits per heavy atom. The minimum atomic E-state index is 0.702. The van der Waals surface area contributed by atoms with Crippen molar-refractivity contribution in [3.05, 3.63) is 399 Å². The van der Waals surface area contributed by atoms with Crippen molar-refractivity contribution >= 4 is 64.9 Å². The summed E-state index contributed by atoms with van der Waals surface area (Å²) in [7, 11) is 0. The van der Waals surface area contributed by atoms with Crippen molar-refractivity contribution in [1.82, 2.24) is 29.9 Å². The van der Waals surface area contributed by atoms with Gasteiger partial charge >= 0.3 is 0 Å². The summed E-state index contributed by atoms with van der Waals surface area (Å²) in [5.74, 6) is 1.42. The van der Waals surface area contributed by atoms with Gasteiger partial charge in [0.2, 0.25) is 0 Å². The maximum Gasteiger partial charge on any atom is 0.160 e. The number of hydrogen-bond acceptors (Lipinski definition) is 6. The summed E-state index contributed by atoms with van der Waals surface area (Å²) in [5, 5.41) is 11.7. The van der Waals surface area contributed by atoms with Gasteiger partial charge in [-0.1, -0.05) is 351 Å². The summed E-state index contributed by atoms with van der Waals surface area (Å²) in [6.45, 7) is 4.20. The molecule has 4 aromatic heterocycles. The summed E-state index contributed by atoms with van der Waals surface area (Å²) < 4.78 is 0. The Labute approximate surface area is 638 Å². The van der Waals surface area contributed by atoms with Gasteiger partial charge in [0.15, 0.2) is 11.6 Å². The van der Waals surface area contributed by atoms with Crippen LogP contribution in [0.5, 0.6) is 0 Å². The smallest absolute Gasteiger partial charge is 0.160 e. The highest BCUT2D eigenvalue weighted by atomic mass is 14.9. The maximum absolute atomic E-state index is 5.28. The lowest BCUT2D eigenvalue weighted by Gasteiger charge is -2.15. The number of pyridine rings is 2. The molecule has 0 fully saturated rings. The number of nitrogens with zero attached hydrogens (tertiary/aromatic N) is 6. The van der Waals surface area contributed by atoms with Crippen molar-refractivity contribution in [1.29, 1.82) is 0 Å². The van der Waals surface area contributed by atoms with Crippen LogP contribution in [0.25, 0.3) is 200 Å². The van der Waals surface area contributed by atoms with Crippen LogP contribution in [-0.2, 0) is 0 Å². The van der Waals surface area contributed by atoms with E-state index in [1.54, 1.807) is 0 Å². The molecular weight excluding hydrogens is 1330 g/mol. The Bertz CT molecular complexity index is 6690. The van der Waals surface area contributed by atoms with Crippen molar-refractivity contribution < 1.29 is 0 Å². The van der Waals surface area contributed by atoms with Crippen molar-refractivity contribution in [3.8, 4) is 135 Å². The van der Waals surface area contributed by atoms with E-state index in [0.29, 0.717) is 5.82 Å². The third-order valence-corrected chi connectivity index (χ3v) is 21.1. The quantitative estimate of drug-likeness (QED) is 0.113. The molecule has 0 spiro atoms. The molecule has 0 unspecified atom stereocenters. The van der Waals surface area contributed by atoms with Gasteiger partial charge in [0.05, 0.1) is 45.2 Å². The predicted octanol–water partition coefficient (Wildman–Crippen LogP) is 27.3. The number of hydrogen-bond donors (Lipinski definition) is 0. The van der Waals surface area contributed by atoms with E-state index in [0.717, 1.165) is 145 Å². The molecule has 0 amide bonds. The zero-order chi connectivity index (χ0) is 73.4. The summed E-state index contributed by atoms with van der Waals surface area (Å²) in [6, 6.07) is 137. The van der Waals surface area contributed by atoms with Crippen molar-refractivity contribution in [2.24, 2.45) is 0 Å². The molecule has 0 atom stereocenters. The second kappa shape index (κ2) is 28.8. The minimum Gasteiger partial charge on any atom is -0.247 e. The molecule has 20 aromatic rings. The lowest BCUT2D eigenvalue weighted by Crippen LogP contribution is -1.96. The van der Waals surface area contributed by atoms with Crippen LogP contribution in [0.1, 0.15) is 11.1 Å². The molecule has 16 aromatic carbocycles. The molecular formula is C104H70N6. The van der Waals surface area contributed by atoms with Gasteiger partial charge in [0.25, 0.3) is 0 Å². The molecule has 0 radical (unpaired) electrons. The maximum atomic E-state index is 5.28. The van der Waals surface area contributed by atoms with Crippen molar-refractivity contribution in [2.75, 3.05) is 0 Å². The Morgan fingerprint density at radius 2 is 0.491 bits per heavy atom. The van der Waals surface area contributed by atoms with Gasteiger partial charge in [-0.2, -0.15) is 0 Å². The van der Waals surface area contributed by atoms with Gasteiger partial charge < -0.3 is 0 Å². The first-order valence-electron chi connectivity index (χ1n) is 37.4. The molecule has 6 heteroatoms.